The summed E-state index contributed by atoms with van der Waals surface area (Å²) in [6, 6.07) is 4.29. The van der Waals surface area contributed by atoms with Crippen LogP contribution in [0, 0.1) is 5.41 Å². The Kier molecular flexibility index (Phi) is 3.68. The minimum atomic E-state index is -4.40. The van der Waals surface area contributed by atoms with Crippen molar-refractivity contribution in [1.29, 1.82) is 0 Å². The number of likely N-dealkylation sites (tertiary alicyclic amines) is 1. The van der Waals surface area contributed by atoms with E-state index < -0.39 is 17.5 Å². The standard InChI is InChI=1S/C16H18F3NO3/c1-14(2)22-9-15(10-23-14)7-20(8-15)13(21)11-3-5-12(6-4-11)16(17,18)19/h3-6H,7-10H2,1-2H3. The number of rotatable bonds is 1. The quantitative estimate of drug-likeness (QED) is 0.795. The van der Waals surface area contributed by atoms with Crippen LogP contribution < -0.4 is 0 Å². The smallest absolute Gasteiger partial charge is 0.350 e. The summed E-state index contributed by atoms with van der Waals surface area (Å²) in [6.07, 6.45) is -4.40. The van der Waals surface area contributed by atoms with E-state index in [4.69, 9.17) is 9.47 Å². The summed E-state index contributed by atoms with van der Waals surface area (Å²) in [6.45, 7) is 5.67. The average Bonchev–Trinajstić information content (AvgIpc) is 2.44. The third-order valence-electron chi connectivity index (χ3n) is 4.25. The van der Waals surface area contributed by atoms with Crippen LogP contribution in [-0.4, -0.2) is 42.9 Å². The Bertz CT molecular complexity index is 592. The lowest BCUT2D eigenvalue weighted by Gasteiger charge is -2.54. The van der Waals surface area contributed by atoms with Gasteiger partial charge >= 0.3 is 6.18 Å². The van der Waals surface area contributed by atoms with Gasteiger partial charge in [0, 0.05) is 18.7 Å². The number of nitrogens with zero attached hydrogens (tertiary/aromatic N) is 1. The number of alkyl halides is 3. The summed E-state index contributed by atoms with van der Waals surface area (Å²) in [4.78, 5) is 13.9. The highest BCUT2D eigenvalue weighted by molar-refractivity contribution is 5.94. The van der Waals surface area contributed by atoms with Gasteiger partial charge in [0.25, 0.3) is 5.91 Å². The Hall–Kier alpha value is -1.60. The zero-order chi connectivity index (χ0) is 16.9. The lowest BCUT2D eigenvalue weighted by atomic mass is 9.80. The van der Waals surface area contributed by atoms with Gasteiger partial charge in [-0.1, -0.05) is 0 Å². The summed E-state index contributed by atoms with van der Waals surface area (Å²) in [5, 5.41) is 0. The molecule has 1 aromatic rings. The van der Waals surface area contributed by atoms with Crippen molar-refractivity contribution in [2.24, 2.45) is 5.41 Å². The number of carbonyl (C=O) groups is 1. The fourth-order valence-corrected chi connectivity index (χ4v) is 2.81. The summed E-state index contributed by atoms with van der Waals surface area (Å²) in [7, 11) is 0. The molecule has 23 heavy (non-hydrogen) atoms. The Morgan fingerprint density at radius 2 is 1.61 bits per heavy atom. The minimum Gasteiger partial charge on any atom is -0.350 e. The van der Waals surface area contributed by atoms with Crippen molar-refractivity contribution in [3.05, 3.63) is 35.4 Å². The highest BCUT2D eigenvalue weighted by atomic mass is 19.4. The molecule has 2 saturated heterocycles. The van der Waals surface area contributed by atoms with Gasteiger partial charge < -0.3 is 14.4 Å². The molecule has 0 radical (unpaired) electrons. The zero-order valence-corrected chi connectivity index (χ0v) is 12.9. The van der Waals surface area contributed by atoms with E-state index in [1.165, 1.54) is 12.1 Å². The van der Waals surface area contributed by atoms with Crippen molar-refractivity contribution in [3.8, 4) is 0 Å². The highest BCUT2D eigenvalue weighted by Crippen LogP contribution is 2.38. The van der Waals surface area contributed by atoms with Crippen molar-refractivity contribution in [2.75, 3.05) is 26.3 Å². The van der Waals surface area contributed by atoms with Gasteiger partial charge in [0.2, 0.25) is 0 Å². The van der Waals surface area contributed by atoms with Crippen LogP contribution in [0.5, 0.6) is 0 Å². The first-order chi connectivity index (χ1) is 10.6. The monoisotopic (exact) mass is 329 g/mol. The van der Waals surface area contributed by atoms with E-state index in [1.54, 1.807) is 4.90 Å². The normalized spacial score (nSPS) is 22.7. The first-order valence-corrected chi connectivity index (χ1v) is 7.35. The van der Waals surface area contributed by atoms with Gasteiger partial charge in [-0.15, -0.1) is 0 Å². The SMILES string of the molecule is CC1(C)OCC2(CO1)CN(C(=O)c1ccc(C(F)(F)F)cc1)C2. The molecule has 0 aromatic heterocycles. The molecule has 2 fully saturated rings. The van der Waals surface area contributed by atoms with Crippen molar-refractivity contribution >= 4 is 5.91 Å². The van der Waals surface area contributed by atoms with E-state index in [0.717, 1.165) is 12.1 Å². The van der Waals surface area contributed by atoms with Gasteiger partial charge in [-0.3, -0.25) is 4.79 Å². The second-order valence-electron chi connectivity index (χ2n) is 6.71. The molecule has 1 spiro atoms. The molecule has 0 aliphatic carbocycles. The number of benzene rings is 1. The van der Waals surface area contributed by atoms with Crippen LogP contribution in [-0.2, 0) is 15.7 Å². The van der Waals surface area contributed by atoms with E-state index in [0.29, 0.717) is 26.3 Å². The van der Waals surface area contributed by atoms with E-state index in [9.17, 15) is 18.0 Å². The predicted molar refractivity (Wildman–Crippen MR) is 75.8 cm³/mol. The summed E-state index contributed by atoms with van der Waals surface area (Å²) in [5.41, 5.74) is -0.701. The van der Waals surface area contributed by atoms with Gasteiger partial charge in [0.05, 0.1) is 24.2 Å². The molecule has 1 aromatic carbocycles. The molecule has 126 valence electrons. The first kappa shape index (κ1) is 16.3. The molecule has 0 saturated carbocycles. The molecule has 3 rings (SSSR count). The Morgan fingerprint density at radius 1 is 1.09 bits per heavy atom. The lowest BCUT2D eigenvalue weighted by Crippen LogP contribution is -2.65. The third kappa shape index (κ3) is 3.21. The molecule has 1 amide bonds. The van der Waals surface area contributed by atoms with Gasteiger partial charge in [-0.2, -0.15) is 13.2 Å². The van der Waals surface area contributed by atoms with Gasteiger partial charge in [-0.05, 0) is 38.1 Å². The van der Waals surface area contributed by atoms with Crippen LogP contribution in [0.1, 0.15) is 29.8 Å². The van der Waals surface area contributed by atoms with E-state index >= 15 is 0 Å². The number of halogens is 3. The highest BCUT2D eigenvalue weighted by Gasteiger charge is 2.50. The number of hydrogen-bond donors (Lipinski definition) is 0. The van der Waals surface area contributed by atoms with Gasteiger partial charge in [-0.25, -0.2) is 0 Å². The van der Waals surface area contributed by atoms with Crippen molar-refractivity contribution in [3.63, 3.8) is 0 Å². The van der Waals surface area contributed by atoms with Crippen LogP contribution >= 0.6 is 0 Å². The second-order valence-corrected chi connectivity index (χ2v) is 6.71. The van der Waals surface area contributed by atoms with Crippen molar-refractivity contribution < 1.29 is 27.4 Å². The predicted octanol–water partition coefficient (Wildman–Crippen LogP) is 2.93. The molecule has 0 N–H and O–H groups in total. The minimum absolute atomic E-state index is 0.197. The Morgan fingerprint density at radius 3 is 2.09 bits per heavy atom. The van der Waals surface area contributed by atoms with Crippen molar-refractivity contribution in [2.45, 2.75) is 25.8 Å². The molecular weight excluding hydrogens is 311 g/mol. The number of carbonyl (C=O) groups excluding carboxylic acids is 1. The van der Waals surface area contributed by atoms with Gasteiger partial charge in [0.15, 0.2) is 5.79 Å². The number of hydrogen-bond acceptors (Lipinski definition) is 3. The molecule has 7 heteroatoms. The third-order valence-corrected chi connectivity index (χ3v) is 4.25. The molecule has 0 atom stereocenters. The molecule has 2 aliphatic heterocycles. The van der Waals surface area contributed by atoms with Crippen LogP contribution in [0.2, 0.25) is 0 Å². The fraction of sp³-hybridized carbons (Fsp3) is 0.562. The number of amides is 1. The Balaban J connectivity index is 1.61. The van der Waals surface area contributed by atoms with Crippen LogP contribution in [0.4, 0.5) is 13.2 Å². The molecule has 2 aliphatic rings. The summed E-state index contributed by atoms with van der Waals surface area (Å²) in [5.74, 6) is -0.877. The maximum absolute atomic E-state index is 12.5. The first-order valence-electron chi connectivity index (χ1n) is 7.35. The fourth-order valence-electron chi connectivity index (χ4n) is 2.81. The number of ether oxygens (including phenoxy) is 2. The van der Waals surface area contributed by atoms with Crippen LogP contribution in [0.3, 0.4) is 0 Å². The average molecular weight is 329 g/mol. The molecule has 0 unspecified atom stereocenters. The van der Waals surface area contributed by atoms with E-state index in [2.05, 4.69) is 0 Å². The van der Waals surface area contributed by atoms with Crippen molar-refractivity contribution in [1.82, 2.24) is 4.90 Å². The van der Waals surface area contributed by atoms with E-state index in [-0.39, 0.29) is 16.9 Å². The summed E-state index contributed by atoms with van der Waals surface area (Å²) >= 11 is 0. The molecule has 2 heterocycles. The van der Waals surface area contributed by atoms with E-state index in [1.807, 2.05) is 13.8 Å². The maximum Gasteiger partial charge on any atom is 0.416 e. The van der Waals surface area contributed by atoms with Crippen LogP contribution in [0.15, 0.2) is 24.3 Å². The van der Waals surface area contributed by atoms with Gasteiger partial charge in [0.1, 0.15) is 0 Å². The maximum atomic E-state index is 12.5. The largest absolute Gasteiger partial charge is 0.416 e. The second kappa shape index (κ2) is 5.21. The molecule has 0 bridgehead atoms. The summed E-state index contributed by atoms with van der Waals surface area (Å²) < 4.78 is 48.9. The Labute approximate surface area is 132 Å². The topological polar surface area (TPSA) is 38.8 Å². The molecule has 4 nitrogen and oxygen atoms in total. The van der Waals surface area contributed by atoms with Crippen LogP contribution in [0.25, 0.3) is 0 Å². The zero-order valence-electron chi connectivity index (χ0n) is 12.9. The molecular formula is C16H18F3NO3. The lowest BCUT2D eigenvalue weighted by molar-refractivity contribution is -0.301.